The van der Waals surface area contributed by atoms with Crippen molar-refractivity contribution in [1.29, 1.82) is 0 Å². The molecule has 9 heavy (non-hydrogen) atoms. The van der Waals surface area contributed by atoms with E-state index in [1.54, 1.807) is 33.0 Å². The summed E-state index contributed by atoms with van der Waals surface area (Å²) in [5.74, 6) is 2.32. The molecule has 2 aliphatic carbocycles. The quantitative estimate of drug-likeness (QED) is 0.493. The SMILES string of the molecule is B(C1CCC1)C1CCC1. The lowest BCUT2D eigenvalue weighted by molar-refractivity contribution is 0.455. The minimum absolute atomic E-state index is 1.16. The molecule has 0 amide bonds. The molecular weight excluding hydrogens is 107 g/mol. The van der Waals surface area contributed by atoms with Gasteiger partial charge in [-0.1, -0.05) is 50.2 Å². The molecule has 0 heterocycles. The average Bonchev–Trinajstić information content (AvgIpc) is 1.57. The highest BCUT2D eigenvalue weighted by atomic mass is 14.2. The van der Waals surface area contributed by atoms with Crippen molar-refractivity contribution in [3.8, 4) is 0 Å². The fraction of sp³-hybridized carbons (Fsp3) is 1.00. The molecule has 0 aromatic carbocycles. The second-order valence-electron chi connectivity index (χ2n) is 3.83. The predicted octanol–water partition coefficient (Wildman–Crippen LogP) is 2.37. The van der Waals surface area contributed by atoms with Crippen LogP contribution in [0.1, 0.15) is 38.5 Å². The van der Waals surface area contributed by atoms with Crippen LogP contribution in [0.3, 0.4) is 0 Å². The van der Waals surface area contributed by atoms with E-state index in [1.807, 2.05) is 0 Å². The maximum absolute atomic E-state index is 1.58. The maximum atomic E-state index is 1.58. The molecule has 2 rings (SSSR count). The Labute approximate surface area is 58.3 Å². The first-order valence-corrected chi connectivity index (χ1v) is 4.45. The molecule has 0 aliphatic heterocycles. The van der Waals surface area contributed by atoms with Gasteiger partial charge in [0.25, 0.3) is 0 Å². The third-order valence-electron chi connectivity index (χ3n) is 3.12. The lowest BCUT2D eigenvalue weighted by Crippen LogP contribution is -2.21. The van der Waals surface area contributed by atoms with Crippen molar-refractivity contribution >= 4 is 7.28 Å². The van der Waals surface area contributed by atoms with Crippen molar-refractivity contribution in [2.45, 2.75) is 50.2 Å². The third kappa shape index (κ3) is 1.15. The molecule has 0 bridgehead atoms. The first-order valence-electron chi connectivity index (χ1n) is 4.45. The van der Waals surface area contributed by atoms with Gasteiger partial charge in [0, 0.05) is 0 Å². The Hall–Kier alpha value is 0.0649. The standard InChI is InChI=1S/C8H15B/c1-3-7(4-1)9-8-5-2-6-8/h7-9H,1-6H2. The lowest BCUT2D eigenvalue weighted by atomic mass is 9.44. The van der Waals surface area contributed by atoms with Crippen LogP contribution in [0.15, 0.2) is 0 Å². The molecule has 2 saturated carbocycles. The Bertz CT molecular complexity index is 80.7. The van der Waals surface area contributed by atoms with Crippen molar-refractivity contribution in [2.75, 3.05) is 0 Å². The van der Waals surface area contributed by atoms with E-state index < -0.39 is 0 Å². The molecule has 0 spiro atoms. The Morgan fingerprint density at radius 1 is 0.778 bits per heavy atom. The summed E-state index contributed by atoms with van der Waals surface area (Å²) in [6.07, 6.45) is 9.26. The molecule has 0 atom stereocenters. The van der Waals surface area contributed by atoms with E-state index >= 15 is 0 Å². The van der Waals surface area contributed by atoms with Gasteiger partial charge in [0.1, 0.15) is 7.28 Å². The first-order chi connectivity index (χ1) is 4.45. The summed E-state index contributed by atoms with van der Waals surface area (Å²) in [4.78, 5) is 0. The van der Waals surface area contributed by atoms with Crippen LogP contribution in [0.5, 0.6) is 0 Å². The molecule has 2 aliphatic rings. The molecule has 2 fully saturated rings. The summed E-state index contributed by atoms with van der Waals surface area (Å²) >= 11 is 0. The molecule has 0 aromatic rings. The van der Waals surface area contributed by atoms with Crippen LogP contribution in [0.25, 0.3) is 0 Å². The summed E-state index contributed by atoms with van der Waals surface area (Å²) < 4.78 is 0. The zero-order valence-electron chi connectivity index (χ0n) is 6.10. The van der Waals surface area contributed by atoms with Crippen LogP contribution < -0.4 is 0 Å². The van der Waals surface area contributed by atoms with Crippen molar-refractivity contribution in [3.63, 3.8) is 0 Å². The van der Waals surface area contributed by atoms with Gasteiger partial charge in [-0.3, -0.25) is 0 Å². The van der Waals surface area contributed by atoms with E-state index in [2.05, 4.69) is 0 Å². The van der Waals surface area contributed by atoms with Gasteiger partial charge in [0.05, 0.1) is 0 Å². The van der Waals surface area contributed by atoms with Gasteiger partial charge in [-0.15, -0.1) is 0 Å². The maximum Gasteiger partial charge on any atom is 0.127 e. The van der Waals surface area contributed by atoms with Gasteiger partial charge >= 0.3 is 0 Å². The van der Waals surface area contributed by atoms with Crippen LogP contribution in [0.4, 0.5) is 0 Å². The molecule has 0 unspecified atom stereocenters. The smallest absolute Gasteiger partial charge is 0.0654 e. The van der Waals surface area contributed by atoms with Gasteiger partial charge in [0.15, 0.2) is 0 Å². The number of hydrogen-bond acceptors (Lipinski definition) is 0. The van der Waals surface area contributed by atoms with Crippen LogP contribution >= 0.6 is 0 Å². The van der Waals surface area contributed by atoms with Gasteiger partial charge < -0.3 is 0 Å². The summed E-state index contributed by atoms with van der Waals surface area (Å²) in [6.45, 7) is 0. The normalized spacial score (nSPS) is 28.9. The highest BCUT2D eigenvalue weighted by Gasteiger charge is 2.26. The fourth-order valence-electron chi connectivity index (χ4n) is 1.93. The van der Waals surface area contributed by atoms with E-state index in [0.717, 1.165) is 11.6 Å². The van der Waals surface area contributed by atoms with Crippen LogP contribution in [0.2, 0.25) is 11.6 Å². The van der Waals surface area contributed by atoms with Gasteiger partial charge in [0.2, 0.25) is 0 Å². The minimum Gasteiger partial charge on any atom is -0.0654 e. The molecule has 0 saturated heterocycles. The third-order valence-corrected chi connectivity index (χ3v) is 3.12. The summed E-state index contributed by atoms with van der Waals surface area (Å²) in [5, 5.41) is 0. The van der Waals surface area contributed by atoms with E-state index in [-0.39, 0.29) is 0 Å². The largest absolute Gasteiger partial charge is 0.127 e. The predicted molar refractivity (Wildman–Crippen MR) is 42.4 cm³/mol. The average molecular weight is 122 g/mol. The summed E-state index contributed by atoms with van der Waals surface area (Å²) in [5.41, 5.74) is 0. The second-order valence-corrected chi connectivity index (χ2v) is 3.83. The fourth-order valence-corrected chi connectivity index (χ4v) is 1.93. The monoisotopic (exact) mass is 122 g/mol. The topological polar surface area (TPSA) is 0 Å². The van der Waals surface area contributed by atoms with E-state index in [4.69, 9.17) is 0 Å². The summed E-state index contributed by atoms with van der Waals surface area (Å²) in [6, 6.07) is 0. The Kier molecular flexibility index (Phi) is 1.53. The summed E-state index contributed by atoms with van der Waals surface area (Å²) in [7, 11) is 1.58. The molecule has 0 N–H and O–H groups in total. The lowest BCUT2D eigenvalue weighted by Gasteiger charge is -2.32. The minimum atomic E-state index is 1.16. The Morgan fingerprint density at radius 2 is 1.22 bits per heavy atom. The van der Waals surface area contributed by atoms with Crippen LogP contribution in [-0.2, 0) is 0 Å². The van der Waals surface area contributed by atoms with Gasteiger partial charge in [-0.05, 0) is 0 Å². The van der Waals surface area contributed by atoms with Crippen molar-refractivity contribution < 1.29 is 0 Å². The molecule has 50 valence electrons. The van der Waals surface area contributed by atoms with E-state index in [1.165, 1.54) is 12.8 Å². The molecule has 0 aromatic heterocycles. The highest BCUT2D eigenvalue weighted by Crippen LogP contribution is 2.40. The van der Waals surface area contributed by atoms with Gasteiger partial charge in [-0.25, -0.2) is 0 Å². The van der Waals surface area contributed by atoms with Crippen molar-refractivity contribution in [1.82, 2.24) is 0 Å². The van der Waals surface area contributed by atoms with E-state index in [0.29, 0.717) is 0 Å². The first kappa shape index (κ1) is 5.82. The van der Waals surface area contributed by atoms with Crippen LogP contribution in [-0.4, -0.2) is 7.28 Å². The van der Waals surface area contributed by atoms with Gasteiger partial charge in [-0.2, -0.15) is 0 Å². The molecule has 0 radical (unpaired) electrons. The molecule has 1 heteroatoms. The van der Waals surface area contributed by atoms with E-state index in [9.17, 15) is 0 Å². The second kappa shape index (κ2) is 2.36. The Morgan fingerprint density at radius 3 is 1.44 bits per heavy atom. The number of hydrogen-bond donors (Lipinski definition) is 0. The van der Waals surface area contributed by atoms with Crippen molar-refractivity contribution in [3.05, 3.63) is 0 Å². The Balaban J connectivity index is 1.64. The zero-order valence-corrected chi connectivity index (χ0v) is 6.10. The molecular formula is C8H15B. The highest BCUT2D eigenvalue weighted by molar-refractivity contribution is 6.40. The zero-order chi connectivity index (χ0) is 6.10. The number of rotatable bonds is 2. The molecule has 0 nitrogen and oxygen atoms in total. The van der Waals surface area contributed by atoms with Crippen molar-refractivity contribution in [2.24, 2.45) is 0 Å². The van der Waals surface area contributed by atoms with Crippen LogP contribution in [0, 0.1) is 0 Å².